The Bertz CT molecular complexity index is 851. The molecule has 1 aromatic carbocycles. The van der Waals surface area contributed by atoms with E-state index in [9.17, 15) is 14.9 Å². The SMILES string of the molecule is O=c1[nH]cccc1-c1noc(-c2ccc([N+](=O)[O-])cc2)n1. The molecule has 1 N–H and O–H groups in total. The third-order valence-electron chi connectivity index (χ3n) is 2.81. The fourth-order valence-electron chi connectivity index (χ4n) is 1.77. The first-order valence-electron chi connectivity index (χ1n) is 5.92. The molecule has 0 radical (unpaired) electrons. The largest absolute Gasteiger partial charge is 0.334 e. The Morgan fingerprint density at radius 3 is 2.62 bits per heavy atom. The minimum absolute atomic E-state index is 0.0296. The first-order valence-corrected chi connectivity index (χ1v) is 5.92. The van der Waals surface area contributed by atoms with E-state index in [4.69, 9.17) is 4.52 Å². The van der Waals surface area contributed by atoms with Crippen LogP contribution in [0.4, 0.5) is 5.69 Å². The maximum atomic E-state index is 11.6. The molecule has 0 saturated heterocycles. The minimum atomic E-state index is -0.494. The van der Waals surface area contributed by atoms with Crippen LogP contribution in [0.3, 0.4) is 0 Å². The van der Waals surface area contributed by atoms with Crippen LogP contribution in [0.25, 0.3) is 22.8 Å². The molecule has 0 atom stereocenters. The predicted octanol–water partition coefficient (Wildman–Crippen LogP) is 2.00. The number of rotatable bonds is 3. The number of hydrogen-bond acceptors (Lipinski definition) is 6. The highest BCUT2D eigenvalue weighted by atomic mass is 16.6. The summed E-state index contributed by atoms with van der Waals surface area (Å²) >= 11 is 0. The lowest BCUT2D eigenvalue weighted by molar-refractivity contribution is -0.384. The van der Waals surface area contributed by atoms with Gasteiger partial charge in [0.2, 0.25) is 5.82 Å². The highest BCUT2D eigenvalue weighted by Crippen LogP contribution is 2.22. The number of nitrogens with zero attached hydrogens (tertiary/aromatic N) is 3. The van der Waals surface area contributed by atoms with E-state index in [1.54, 1.807) is 12.1 Å². The number of aromatic nitrogens is 3. The number of nitrogens with one attached hydrogen (secondary N) is 1. The van der Waals surface area contributed by atoms with Crippen molar-refractivity contribution in [2.45, 2.75) is 0 Å². The van der Waals surface area contributed by atoms with Crippen molar-refractivity contribution in [2.75, 3.05) is 0 Å². The Morgan fingerprint density at radius 2 is 1.95 bits per heavy atom. The van der Waals surface area contributed by atoms with Crippen LogP contribution in [-0.4, -0.2) is 20.0 Å². The molecule has 0 aliphatic heterocycles. The molecule has 21 heavy (non-hydrogen) atoms. The molecule has 0 bridgehead atoms. The van der Waals surface area contributed by atoms with E-state index in [1.165, 1.54) is 30.5 Å². The van der Waals surface area contributed by atoms with E-state index in [-0.39, 0.29) is 28.5 Å². The van der Waals surface area contributed by atoms with Crippen molar-refractivity contribution in [3.05, 3.63) is 63.1 Å². The molecular formula is C13H8N4O4. The summed E-state index contributed by atoms with van der Waals surface area (Å²) in [6, 6.07) is 8.92. The highest BCUT2D eigenvalue weighted by molar-refractivity contribution is 5.60. The smallest absolute Gasteiger partial charge is 0.269 e. The minimum Gasteiger partial charge on any atom is -0.334 e. The maximum absolute atomic E-state index is 11.6. The van der Waals surface area contributed by atoms with Crippen molar-refractivity contribution in [2.24, 2.45) is 0 Å². The highest BCUT2D eigenvalue weighted by Gasteiger charge is 2.14. The summed E-state index contributed by atoms with van der Waals surface area (Å²) < 4.78 is 5.08. The van der Waals surface area contributed by atoms with E-state index in [0.717, 1.165) is 0 Å². The van der Waals surface area contributed by atoms with Crippen LogP contribution >= 0.6 is 0 Å². The molecule has 0 fully saturated rings. The second-order valence-electron chi connectivity index (χ2n) is 4.14. The first kappa shape index (κ1) is 12.7. The van der Waals surface area contributed by atoms with Crippen molar-refractivity contribution < 1.29 is 9.45 Å². The summed E-state index contributed by atoms with van der Waals surface area (Å²) in [7, 11) is 0. The molecule has 2 aromatic heterocycles. The van der Waals surface area contributed by atoms with Crippen LogP contribution in [0, 0.1) is 10.1 Å². The zero-order valence-electron chi connectivity index (χ0n) is 10.5. The second kappa shape index (κ2) is 5.00. The predicted molar refractivity (Wildman–Crippen MR) is 72.4 cm³/mol. The van der Waals surface area contributed by atoms with Gasteiger partial charge in [0.15, 0.2) is 0 Å². The number of aromatic amines is 1. The summed E-state index contributed by atoms with van der Waals surface area (Å²) in [5, 5.41) is 14.3. The zero-order valence-corrected chi connectivity index (χ0v) is 10.5. The van der Waals surface area contributed by atoms with Gasteiger partial charge in [-0.25, -0.2) is 0 Å². The Labute approximate surface area is 117 Å². The normalized spacial score (nSPS) is 10.5. The maximum Gasteiger partial charge on any atom is 0.269 e. The van der Waals surface area contributed by atoms with Crippen molar-refractivity contribution in [1.29, 1.82) is 0 Å². The fourth-order valence-corrected chi connectivity index (χ4v) is 1.77. The van der Waals surface area contributed by atoms with Crippen molar-refractivity contribution in [3.63, 3.8) is 0 Å². The van der Waals surface area contributed by atoms with Crippen molar-refractivity contribution in [3.8, 4) is 22.8 Å². The molecule has 8 nitrogen and oxygen atoms in total. The lowest BCUT2D eigenvalue weighted by Gasteiger charge is -1.93. The first-order chi connectivity index (χ1) is 10.1. The number of H-pyrrole nitrogens is 1. The average molecular weight is 284 g/mol. The lowest BCUT2D eigenvalue weighted by atomic mass is 10.2. The van der Waals surface area contributed by atoms with Gasteiger partial charge in [0.25, 0.3) is 17.1 Å². The number of benzene rings is 1. The van der Waals surface area contributed by atoms with E-state index in [1.807, 2.05) is 0 Å². The van der Waals surface area contributed by atoms with Crippen molar-refractivity contribution >= 4 is 5.69 Å². The monoisotopic (exact) mass is 284 g/mol. The molecule has 104 valence electrons. The zero-order chi connectivity index (χ0) is 14.8. The number of nitro benzene ring substituents is 1. The third-order valence-corrected chi connectivity index (χ3v) is 2.81. The van der Waals surface area contributed by atoms with Gasteiger partial charge < -0.3 is 9.51 Å². The molecule has 0 aliphatic carbocycles. The number of non-ortho nitro benzene ring substituents is 1. The van der Waals surface area contributed by atoms with Gasteiger partial charge >= 0.3 is 0 Å². The van der Waals surface area contributed by atoms with E-state index >= 15 is 0 Å². The van der Waals surface area contributed by atoms with E-state index < -0.39 is 4.92 Å². The third kappa shape index (κ3) is 2.41. The van der Waals surface area contributed by atoms with E-state index in [2.05, 4.69) is 15.1 Å². The fraction of sp³-hybridized carbons (Fsp3) is 0. The molecule has 0 amide bonds. The lowest BCUT2D eigenvalue weighted by Crippen LogP contribution is -2.07. The summed E-state index contributed by atoms with van der Waals surface area (Å²) in [5.74, 6) is 0.341. The molecule has 3 aromatic rings. The number of nitro groups is 1. The Balaban J connectivity index is 1.97. The molecule has 8 heteroatoms. The van der Waals surface area contributed by atoms with Crippen LogP contribution in [0.5, 0.6) is 0 Å². The quantitative estimate of drug-likeness (QED) is 0.581. The van der Waals surface area contributed by atoms with Gasteiger partial charge in [-0.2, -0.15) is 4.98 Å². The van der Waals surface area contributed by atoms with Crippen LogP contribution in [0.1, 0.15) is 0 Å². The topological polar surface area (TPSA) is 115 Å². The Hall–Kier alpha value is -3.29. The summed E-state index contributed by atoms with van der Waals surface area (Å²) in [6.45, 7) is 0. The Kier molecular flexibility index (Phi) is 3.03. The van der Waals surface area contributed by atoms with Crippen LogP contribution in [-0.2, 0) is 0 Å². The van der Waals surface area contributed by atoms with Crippen LogP contribution in [0.2, 0.25) is 0 Å². The van der Waals surface area contributed by atoms with Gasteiger partial charge in [-0.15, -0.1) is 0 Å². The van der Waals surface area contributed by atoms with Gasteiger partial charge in [-0.3, -0.25) is 14.9 Å². The molecule has 0 saturated carbocycles. The van der Waals surface area contributed by atoms with Gasteiger partial charge in [0, 0.05) is 23.9 Å². The Morgan fingerprint density at radius 1 is 1.19 bits per heavy atom. The van der Waals surface area contributed by atoms with Gasteiger partial charge in [-0.05, 0) is 24.3 Å². The van der Waals surface area contributed by atoms with Crippen LogP contribution in [0.15, 0.2) is 51.9 Å². The van der Waals surface area contributed by atoms with Gasteiger partial charge in [0.1, 0.15) is 0 Å². The molecule has 2 heterocycles. The molecule has 3 rings (SSSR count). The summed E-state index contributed by atoms with van der Waals surface area (Å²) in [4.78, 5) is 28.4. The summed E-state index contributed by atoms with van der Waals surface area (Å²) in [6.07, 6.45) is 1.50. The number of pyridine rings is 1. The molecule has 0 spiro atoms. The average Bonchev–Trinajstić information content (AvgIpc) is 2.97. The molecule has 0 aliphatic rings. The standard InChI is InChI=1S/C13H8N4O4/c18-12-10(2-1-7-14-12)11-15-13(21-16-11)8-3-5-9(6-4-8)17(19)20/h1-7H,(H,14,18). The van der Waals surface area contributed by atoms with Crippen LogP contribution < -0.4 is 5.56 Å². The van der Waals surface area contributed by atoms with Gasteiger partial charge in [-0.1, -0.05) is 5.16 Å². The van der Waals surface area contributed by atoms with E-state index in [0.29, 0.717) is 5.56 Å². The summed E-state index contributed by atoms with van der Waals surface area (Å²) in [5.41, 5.74) is 0.465. The number of hydrogen-bond donors (Lipinski definition) is 1. The van der Waals surface area contributed by atoms with Gasteiger partial charge in [0.05, 0.1) is 10.5 Å². The second-order valence-corrected chi connectivity index (χ2v) is 4.14. The molecule has 0 unspecified atom stereocenters. The van der Waals surface area contributed by atoms with Crippen molar-refractivity contribution in [1.82, 2.24) is 15.1 Å². The molecular weight excluding hydrogens is 276 g/mol.